The lowest BCUT2D eigenvalue weighted by molar-refractivity contribution is -0.115. The number of ether oxygens (including phenoxy) is 2. The first-order valence-electron chi connectivity index (χ1n) is 11.6. The number of hydrogen-bond donors (Lipinski definition) is 1. The summed E-state index contributed by atoms with van der Waals surface area (Å²) < 4.78 is 13.3. The van der Waals surface area contributed by atoms with Gasteiger partial charge in [-0.15, -0.1) is 0 Å². The van der Waals surface area contributed by atoms with Crippen LogP contribution in [0, 0.1) is 20.8 Å². The molecule has 6 heteroatoms. The van der Waals surface area contributed by atoms with Crippen LogP contribution in [0.2, 0.25) is 0 Å². The number of fused-ring (bicyclic) bond motifs is 1. The van der Waals surface area contributed by atoms with Gasteiger partial charge in [-0.2, -0.15) is 0 Å². The molecule has 4 rings (SSSR count). The summed E-state index contributed by atoms with van der Waals surface area (Å²) in [5, 5.41) is 3.01. The van der Waals surface area contributed by atoms with Crippen LogP contribution in [-0.4, -0.2) is 28.5 Å². The third kappa shape index (κ3) is 4.91. The molecule has 0 radical (unpaired) electrons. The maximum Gasteiger partial charge on any atom is 0.230 e. The van der Waals surface area contributed by atoms with Crippen molar-refractivity contribution in [1.29, 1.82) is 0 Å². The minimum Gasteiger partial charge on any atom is -0.490 e. The van der Waals surface area contributed by atoms with E-state index in [-0.39, 0.29) is 12.3 Å². The number of amides is 1. The zero-order valence-electron chi connectivity index (χ0n) is 20.4. The zero-order chi connectivity index (χ0) is 24.2. The fraction of sp³-hybridized carbons (Fsp3) is 0.286. The molecule has 0 fully saturated rings. The van der Waals surface area contributed by atoms with Gasteiger partial charge in [-0.05, 0) is 81.6 Å². The van der Waals surface area contributed by atoms with E-state index in [2.05, 4.69) is 37.4 Å². The van der Waals surface area contributed by atoms with Gasteiger partial charge in [0.05, 0.1) is 31.0 Å². The van der Waals surface area contributed by atoms with Gasteiger partial charge in [-0.1, -0.05) is 12.1 Å². The van der Waals surface area contributed by atoms with Crippen LogP contribution < -0.4 is 14.8 Å². The van der Waals surface area contributed by atoms with Crippen LogP contribution in [-0.2, 0) is 11.2 Å². The van der Waals surface area contributed by atoms with E-state index >= 15 is 0 Å². The highest BCUT2D eigenvalue weighted by atomic mass is 16.5. The topological polar surface area (TPSA) is 64.9 Å². The number of rotatable bonds is 8. The second-order valence-electron chi connectivity index (χ2n) is 8.39. The molecule has 0 bridgehead atoms. The quantitative estimate of drug-likeness (QED) is 0.357. The summed E-state index contributed by atoms with van der Waals surface area (Å²) in [5.74, 6) is 1.15. The molecule has 0 aliphatic heterocycles. The van der Waals surface area contributed by atoms with Crippen LogP contribution in [0.4, 0.5) is 5.69 Å². The molecular weight excluding hydrogens is 426 g/mol. The molecule has 0 atom stereocenters. The van der Waals surface area contributed by atoms with Crippen molar-refractivity contribution in [2.24, 2.45) is 0 Å². The van der Waals surface area contributed by atoms with Crippen LogP contribution in [0.1, 0.15) is 36.2 Å². The number of hydrogen-bond acceptors (Lipinski definition) is 4. The highest BCUT2D eigenvalue weighted by Gasteiger charge is 2.18. The molecule has 0 aliphatic rings. The Morgan fingerprint density at radius 2 is 1.68 bits per heavy atom. The number of anilines is 1. The van der Waals surface area contributed by atoms with E-state index in [0.29, 0.717) is 30.4 Å². The molecule has 0 saturated carbocycles. The molecule has 6 nitrogen and oxygen atoms in total. The van der Waals surface area contributed by atoms with E-state index in [1.807, 2.05) is 55.6 Å². The fourth-order valence-electron chi connectivity index (χ4n) is 3.97. The van der Waals surface area contributed by atoms with Crippen molar-refractivity contribution in [3.63, 3.8) is 0 Å². The molecule has 1 amide bonds. The molecule has 1 N–H and O–H groups in total. The highest BCUT2D eigenvalue weighted by molar-refractivity contribution is 5.93. The molecule has 0 unspecified atom stereocenters. The Bertz CT molecular complexity index is 1340. The molecule has 176 valence electrons. The van der Waals surface area contributed by atoms with Crippen molar-refractivity contribution in [2.75, 3.05) is 18.5 Å². The summed E-state index contributed by atoms with van der Waals surface area (Å²) >= 11 is 0. The molecule has 0 spiro atoms. The minimum absolute atomic E-state index is 0.126. The van der Waals surface area contributed by atoms with Gasteiger partial charge in [0.1, 0.15) is 5.65 Å². The normalized spacial score (nSPS) is 11.0. The van der Waals surface area contributed by atoms with Gasteiger partial charge < -0.3 is 19.2 Å². The number of aromatic nitrogens is 2. The van der Waals surface area contributed by atoms with Crippen LogP contribution >= 0.6 is 0 Å². The van der Waals surface area contributed by atoms with Gasteiger partial charge in [0.15, 0.2) is 11.5 Å². The predicted octanol–water partition coefficient (Wildman–Crippen LogP) is 5.91. The maximum atomic E-state index is 13.2. The maximum absolute atomic E-state index is 13.2. The standard InChI is InChI=1S/C28H31N3O3/c1-6-33-24-11-10-22(16-25(24)34-7-2)29-27(32)17-23-28(21-9-8-19(4)20(5)15-21)30-26-14-18(3)12-13-31(23)26/h8-16H,6-7,17H2,1-5H3,(H,29,32). The molecule has 4 aromatic rings. The van der Waals surface area contributed by atoms with Gasteiger partial charge in [-0.3, -0.25) is 4.79 Å². The fourth-order valence-corrected chi connectivity index (χ4v) is 3.97. The summed E-state index contributed by atoms with van der Waals surface area (Å²) in [6.45, 7) is 11.1. The van der Waals surface area contributed by atoms with Crippen LogP contribution in [0.25, 0.3) is 16.9 Å². The summed E-state index contributed by atoms with van der Waals surface area (Å²) in [4.78, 5) is 18.0. The van der Waals surface area contributed by atoms with E-state index in [9.17, 15) is 4.79 Å². The summed E-state index contributed by atoms with van der Waals surface area (Å²) in [5.41, 5.74) is 7.72. The molecule has 2 aromatic heterocycles. The molecule has 2 aromatic carbocycles. The Balaban J connectivity index is 1.66. The average molecular weight is 458 g/mol. The van der Waals surface area contributed by atoms with Crippen molar-refractivity contribution in [1.82, 2.24) is 9.38 Å². The summed E-state index contributed by atoms with van der Waals surface area (Å²) in [6, 6.07) is 15.8. The first-order chi connectivity index (χ1) is 16.4. The Kier molecular flexibility index (Phi) is 6.87. The van der Waals surface area contributed by atoms with Gasteiger partial charge in [0.25, 0.3) is 0 Å². The lowest BCUT2D eigenvalue weighted by atomic mass is 10.0. The second kappa shape index (κ2) is 10.00. The first-order valence-corrected chi connectivity index (χ1v) is 11.6. The van der Waals surface area contributed by atoms with E-state index in [0.717, 1.165) is 28.2 Å². The Morgan fingerprint density at radius 3 is 2.41 bits per heavy atom. The van der Waals surface area contributed by atoms with E-state index < -0.39 is 0 Å². The van der Waals surface area contributed by atoms with Gasteiger partial charge in [0.2, 0.25) is 5.91 Å². The zero-order valence-corrected chi connectivity index (χ0v) is 20.4. The average Bonchev–Trinajstić information content (AvgIpc) is 3.14. The number of imidazole rings is 1. The van der Waals surface area contributed by atoms with Gasteiger partial charge >= 0.3 is 0 Å². The smallest absolute Gasteiger partial charge is 0.230 e. The Labute approximate surface area is 200 Å². The molecule has 0 saturated heterocycles. The minimum atomic E-state index is -0.126. The SMILES string of the molecule is CCOc1ccc(NC(=O)Cc2c(-c3ccc(C)c(C)c3)nc3cc(C)ccn23)cc1OCC. The van der Waals surface area contributed by atoms with E-state index in [4.69, 9.17) is 14.5 Å². The number of carbonyl (C=O) groups excluding carboxylic acids is 1. The summed E-state index contributed by atoms with van der Waals surface area (Å²) in [6.07, 6.45) is 2.17. The molecule has 34 heavy (non-hydrogen) atoms. The van der Waals surface area contributed by atoms with Gasteiger partial charge in [-0.25, -0.2) is 4.98 Å². The number of nitrogens with one attached hydrogen (secondary N) is 1. The van der Waals surface area contributed by atoms with Crippen molar-refractivity contribution in [3.05, 3.63) is 77.1 Å². The monoisotopic (exact) mass is 457 g/mol. The van der Waals surface area contributed by atoms with Crippen LogP contribution in [0.15, 0.2) is 54.7 Å². The molecule has 0 aliphatic carbocycles. The Morgan fingerprint density at radius 1 is 0.912 bits per heavy atom. The second-order valence-corrected chi connectivity index (χ2v) is 8.39. The van der Waals surface area contributed by atoms with Crippen molar-refractivity contribution < 1.29 is 14.3 Å². The third-order valence-electron chi connectivity index (χ3n) is 5.82. The van der Waals surface area contributed by atoms with Gasteiger partial charge in [0, 0.05) is 23.5 Å². The first kappa shape index (κ1) is 23.4. The van der Waals surface area contributed by atoms with Crippen molar-refractivity contribution in [3.8, 4) is 22.8 Å². The van der Waals surface area contributed by atoms with E-state index in [1.54, 1.807) is 6.07 Å². The number of aryl methyl sites for hydroxylation is 3. The lowest BCUT2D eigenvalue weighted by Crippen LogP contribution is -2.16. The van der Waals surface area contributed by atoms with Crippen LogP contribution in [0.5, 0.6) is 11.5 Å². The largest absolute Gasteiger partial charge is 0.490 e. The number of benzene rings is 2. The highest BCUT2D eigenvalue weighted by Crippen LogP contribution is 2.31. The summed E-state index contributed by atoms with van der Waals surface area (Å²) in [7, 11) is 0. The lowest BCUT2D eigenvalue weighted by Gasteiger charge is -2.13. The number of pyridine rings is 1. The van der Waals surface area contributed by atoms with Crippen molar-refractivity contribution >= 4 is 17.2 Å². The third-order valence-corrected chi connectivity index (χ3v) is 5.82. The van der Waals surface area contributed by atoms with E-state index in [1.165, 1.54) is 11.1 Å². The Hall–Kier alpha value is -3.80. The molecule has 2 heterocycles. The van der Waals surface area contributed by atoms with Crippen molar-refractivity contribution in [2.45, 2.75) is 41.0 Å². The number of carbonyl (C=O) groups is 1. The number of nitrogens with zero attached hydrogens (tertiary/aromatic N) is 2. The predicted molar refractivity (Wildman–Crippen MR) is 136 cm³/mol. The van der Waals surface area contributed by atoms with Crippen LogP contribution in [0.3, 0.4) is 0 Å². The molecular formula is C28H31N3O3.